The van der Waals surface area contributed by atoms with E-state index in [4.69, 9.17) is 19.6 Å². The van der Waals surface area contributed by atoms with E-state index in [1.165, 1.54) is 6.42 Å². The maximum Gasteiger partial charge on any atom is 0.341 e. The van der Waals surface area contributed by atoms with Gasteiger partial charge < -0.3 is 24.4 Å². The smallest absolute Gasteiger partial charge is 0.341 e. The zero-order valence-electron chi connectivity index (χ0n) is 17.8. The summed E-state index contributed by atoms with van der Waals surface area (Å²) in [4.78, 5) is 28.7. The molecule has 2 fully saturated rings. The Labute approximate surface area is 186 Å². The van der Waals surface area contributed by atoms with Gasteiger partial charge in [-0.1, -0.05) is 0 Å². The molecule has 0 atom stereocenters. The second-order valence-electron chi connectivity index (χ2n) is 7.53. The van der Waals surface area contributed by atoms with Crippen molar-refractivity contribution < 1.29 is 19.4 Å². The van der Waals surface area contributed by atoms with Gasteiger partial charge in [-0.3, -0.25) is 0 Å². The van der Waals surface area contributed by atoms with E-state index in [0.717, 1.165) is 44.6 Å². The van der Waals surface area contributed by atoms with Gasteiger partial charge in [0.15, 0.2) is 6.61 Å². The van der Waals surface area contributed by atoms with Crippen molar-refractivity contribution in [3.05, 3.63) is 29.8 Å². The summed E-state index contributed by atoms with van der Waals surface area (Å²) in [6.45, 7) is 4.27. The molecule has 2 N–H and O–H groups in total. The quantitative estimate of drug-likeness (QED) is 0.461. The summed E-state index contributed by atoms with van der Waals surface area (Å²) in [5.74, 6) is 1.15. The highest BCUT2D eigenvalue weighted by Gasteiger charge is 2.20. The average molecular weight is 441 g/mol. The Balaban J connectivity index is 1.46. The largest absolute Gasteiger partial charge is 0.482 e. The molecule has 0 aliphatic carbocycles. The number of hydrazone groups is 1. The maximum atomic E-state index is 10.6. The standard InChI is InChI=1S/C21H27N7O4/c29-18(30)15-32-17-6-4-16(5-7-17)14-22-26-19-23-20(27-8-2-1-3-9-27)25-21(24-19)28-10-12-31-13-11-28/h4-7,14H,1-3,8-13,15H2,(H,29,30)(H,23,24,25,26)/b22-14-. The van der Waals surface area contributed by atoms with Crippen LogP contribution in [0.15, 0.2) is 29.4 Å². The summed E-state index contributed by atoms with van der Waals surface area (Å²) in [5.41, 5.74) is 3.74. The third-order valence-corrected chi connectivity index (χ3v) is 5.17. The summed E-state index contributed by atoms with van der Waals surface area (Å²) >= 11 is 0. The van der Waals surface area contributed by atoms with Crippen LogP contribution in [0, 0.1) is 0 Å². The molecule has 11 nitrogen and oxygen atoms in total. The molecule has 2 aliphatic rings. The van der Waals surface area contributed by atoms with E-state index in [0.29, 0.717) is 36.8 Å². The number of piperidine rings is 1. The van der Waals surface area contributed by atoms with Gasteiger partial charge in [-0.2, -0.15) is 20.1 Å². The normalized spacial score (nSPS) is 16.9. The molecule has 1 aromatic carbocycles. The minimum absolute atomic E-state index is 0.376. The third-order valence-electron chi connectivity index (χ3n) is 5.17. The topological polar surface area (TPSA) is 125 Å². The number of anilines is 3. The number of ether oxygens (including phenoxy) is 2. The average Bonchev–Trinajstić information content (AvgIpc) is 2.84. The molecule has 0 spiro atoms. The first-order chi connectivity index (χ1) is 15.7. The minimum Gasteiger partial charge on any atom is -0.482 e. The summed E-state index contributed by atoms with van der Waals surface area (Å²) in [5, 5.41) is 12.9. The Morgan fingerprint density at radius 2 is 1.69 bits per heavy atom. The van der Waals surface area contributed by atoms with Gasteiger partial charge in [0, 0.05) is 26.2 Å². The fraction of sp³-hybridized carbons (Fsp3) is 0.476. The number of morpholine rings is 1. The van der Waals surface area contributed by atoms with Crippen LogP contribution in [0.4, 0.5) is 17.8 Å². The van der Waals surface area contributed by atoms with Crippen LogP contribution in [0.2, 0.25) is 0 Å². The summed E-state index contributed by atoms with van der Waals surface area (Å²) < 4.78 is 10.6. The number of carboxylic acid groups (broad SMARTS) is 1. The van der Waals surface area contributed by atoms with Gasteiger partial charge in [-0.05, 0) is 49.1 Å². The number of hydrogen-bond donors (Lipinski definition) is 2. The molecular weight excluding hydrogens is 414 g/mol. The lowest BCUT2D eigenvalue weighted by Gasteiger charge is -2.30. The number of benzene rings is 1. The fourth-order valence-corrected chi connectivity index (χ4v) is 3.50. The second kappa shape index (κ2) is 10.7. The molecule has 2 aliphatic heterocycles. The lowest BCUT2D eigenvalue weighted by atomic mass is 10.1. The number of nitrogens with zero attached hydrogens (tertiary/aromatic N) is 6. The molecule has 170 valence electrons. The van der Waals surface area contributed by atoms with Crippen molar-refractivity contribution in [2.75, 3.05) is 61.2 Å². The highest BCUT2D eigenvalue weighted by Crippen LogP contribution is 2.21. The van der Waals surface area contributed by atoms with E-state index < -0.39 is 5.97 Å². The number of nitrogens with one attached hydrogen (secondary N) is 1. The minimum atomic E-state index is -1.02. The van der Waals surface area contributed by atoms with E-state index in [1.54, 1.807) is 30.5 Å². The Kier molecular flexibility index (Phi) is 7.28. The molecule has 0 bridgehead atoms. The van der Waals surface area contributed by atoms with Crippen LogP contribution >= 0.6 is 0 Å². The van der Waals surface area contributed by atoms with Crippen molar-refractivity contribution in [3.63, 3.8) is 0 Å². The first-order valence-electron chi connectivity index (χ1n) is 10.7. The molecule has 2 saturated heterocycles. The predicted octanol–water partition coefficient (Wildman–Crippen LogP) is 1.61. The Morgan fingerprint density at radius 3 is 2.34 bits per heavy atom. The van der Waals surface area contributed by atoms with Gasteiger partial charge in [0.05, 0.1) is 19.4 Å². The molecular formula is C21H27N7O4. The fourth-order valence-electron chi connectivity index (χ4n) is 3.50. The van der Waals surface area contributed by atoms with Gasteiger partial charge in [-0.25, -0.2) is 10.2 Å². The highest BCUT2D eigenvalue weighted by molar-refractivity contribution is 5.80. The van der Waals surface area contributed by atoms with Crippen molar-refractivity contribution in [2.24, 2.45) is 5.10 Å². The zero-order valence-corrected chi connectivity index (χ0v) is 17.8. The van der Waals surface area contributed by atoms with Gasteiger partial charge in [-0.15, -0.1) is 0 Å². The van der Waals surface area contributed by atoms with Gasteiger partial charge in [0.25, 0.3) is 0 Å². The Bertz CT molecular complexity index is 890. The SMILES string of the molecule is O=C(O)COc1ccc(/C=N\Nc2nc(N3CCCCC3)nc(N3CCOCC3)n2)cc1. The Hall–Kier alpha value is -3.47. The van der Waals surface area contributed by atoms with Crippen LogP contribution in [0.3, 0.4) is 0 Å². The zero-order chi connectivity index (χ0) is 22.2. The van der Waals surface area contributed by atoms with Gasteiger partial charge in [0.1, 0.15) is 5.75 Å². The van der Waals surface area contributed by atoms with E-state index in [-0.39, 0.29) is 6.61 Å². The maximum absolute atomic E-state index is 10.6. The molecule has 32 heavy (non-hydrogen) atoms. The number of rotatable bonds is 8. The monoisotopic (exact) mass is 441 g/mol. The van der Waals surface area contributed by atoms with E-state index in [2.05, 4.69) is 30.3 Å². The molecule has 3 heterocycles. The van der Waals surface area contributed by atoms with Crippen molar-refractivity contribution >= 4 is 30.0 Å². The lowest BCUT2D eigenvalue weighted by Crippen LogP contribution is -2.38. The van der Waals surface area contributed by atoms with Crippen molar-refractivity contribution in [3.8, 4) is 5.75 Å². The van der Waals surface area contributed by atoms with Gasteiger partial charge >= 0.3 is 5.97 Å². The van der Waals surface area contributed by atoms with Crippen LogP contribution in [0.1, 0.15) is 24.8 Å². The molecule has 0 saturated carbocycles. The molecule has 11 heteroatoms. The van der Waals surface area contributed by atoms with Crippen LogP contribution in [0.25, 0.3) is 0 Å². The predicted molar refractivity (Wildman–Crippen MR) is 120 cm³/mol. The van der Waals surface area contributed by atoms with Crippen LogP contribution in [-0.4, -0.2) is 78.2 Å². The first-order valence-corrected chi connectivity index (χ1v) is 10.7. The molecule has 2 aromatic rings. The Morgan fingerprint density at radius 1 is 1.03 bits per heavy atom. The summed E-state index contributed by atoms with van der Waals surface area (Å²) in [7, 11) is 0. The number of carbonyl (C=O) groups is 1. The second-order valence-corrected chi connectivity index (χ2v) is 7.53. The summed E-state index contributed by atoms with van der Waals surface area (Å²) in [6, 6.07) is 6.96. The number of aliphatic carboxylic acids is 1. The van der Waals surface area contributed by atoms with Gasteiger partial charge in [0.2, 0.25) is 17.8 Å². The number of hydrogen-bond acceptors (Lipinski definition) is 10. The molecule has 0 unspecified atom stereocenters. The van der Waals surface area contributed by atoms with Crippen molar-refractivity contribution in [2.45, 2.75) is 19.3 Å². The first kappa shape index (κ1) is 21.8. The van der Waals surface area contributed by atoms with E-state index in [9.17, 15) is 4.79 Å². The number of carboxylic acids is 1. The lowest BCUT2D eigenvalue weighted by molar-refractivity contribution is -0.139. The van der Waals surface area contributed by atoms with E-state index in [1.807, 2.05) is 0 Å². The molecule has 0 radical (unpaired) electrons. The highest BCUT2D eigenvalue weighted by atomic mass is 16.5. The molecule has 1 aromatic heterocycles. The number of aromatic nitrogens is 3. The third kappa shape index (κ3) is 6.03. The van der Waals surface area contributed by atoms with Crippen molar-refractivity contribution in [1.82, 2.24) is 15.0 Å². The molecule has 0 amide bonds. The van der Waals surface area contributed by atoms with Crippen molar-refractivity contribution in [1.29, 1.82) is 0 Å². The molecule has 4 rings (SSSR count). The van der Waals surface area contributed by atoms with E-state index >= 15 is 0 Å². The van der Waals surface area contributed by atoms with Crippen LogP contribution in [0.5, 0.6) is 5.75 Å². The van der Waals surface area contributed by atoms with Crippen LogP contribution in [-0.2, 0) is 9.53 Å². The summed E-state index contributed by atoms with van der Waals surface area (Å²) in [6.07, 6.45) is 5.13. The van der Waals surface area contributed by atoms with Crippen LogP contribution < -0.4 is 20.0 Å².